The van der Waals surface area contributed by atoms with Crippen molar-refractivity contribution in [2.45, 2.75) is 19.6 Å². The van der Waals surface area contributed by atoms with Crippen LogP contribution in [0, 0.1) is 6.92 Å². The first-order valence-electron chi connectivity index (χ1n) is 6.56. The van der Waals surface area contributed by atoms with Crippen LogP contribution in [-0.2, 0) is 11.3 Å². The van der Waals surface area contributed by atoms with E-state index in [4.69, 9.17) is 11.6 Å². The molecule has 2 aromatic heterocycles. The highest BCUT2D eigenvalue weighted by atomic mass is 35.5. The van der Waals surface area contributed by atoms with E-state index in [1.54, 1.807) is 11.3 Å². The van der Waals surface area contributed by atoms with Crippen LogP contribution >= 0.6 is 22.9 Å². The Morgan fingerprint density at radius 1 is 1.33 bits per heavy atom. The van der Waals surface area contributed by atoms with Crippen LogP contribution in [0.2, 0.25) is 5.02 Å². The molecule has 1 unspecified atom stereocenters. The molecule has 1 N–H and O–H groups in total. The van der Waals surface area contributed by atoms with Gasteiger partial charge in [0.2, 0.25) is 0 Å². The molecule has 0 bridgehead atoms. The van der Waals surface area contributed by atoms with Gasteiger partial charge in [-0.25, -0.2) is 0 Å². The van der Waals surface area contributed by atoms with Crippen molar-refractivity contribution in [3.05, 3.63) is 57.6 Å². The topological polar surface area (TPSA) is 42.2 Å². The van der Waals surface area contributed by atoms with Gasteiger partial charge in [0.1, 0.15) is 10.9 Å². The lowest BCUT2D eigenvalue weighted by molar-refractivity contribution is -0.115. The van der Waals surface area contributed by atoms with E-state index in [0.29, 0.717) is 23.4 Å². The lowest BCUT2D eigenvalue weighted by Crippen LogP contribution is -2.04. The smallest absolute Gasteiger partial charge is 0.153 e. The van der Waals surface area contributed by atoms with Crippen molar-refractivity contribution in [2.75, 3.05) is 0 Å². The lowest BCUT2D eigenvalue weighted by Gasteiger charge is -2.09. The molecule has 1 atom stereocenters. The van der Waals surface area contributed by atoms with E-state index in [0.717, 1.165) is 21.5 Å². The van der Waals surface area contributed by atoms with Crippen LogP contribution in [0.5, 0.6) is 0 Å². The summed E-state index contributed by atoms with van der Waals surface area (Å²) in [4.78, 5) is 12.0. The zero-order valence-corrected chi connectivity index (χ0v) is 13.0. The summed E-state index contributed by atoms with van der Waals surface area (Å²) >= 11 is 7.52. The highest BCUT2D eigenvalue weighted by Gasteiger charge is 2.20. The highest BCUT2D eigenvalue weighted by molar-refractivity contribution is 7.16. The summed E-state index contributed by atoms with van der Waals surface area (Å²) in [6.07, 6.45) is -0.500. The Morgan fingerprint density at radius 3 is 2.71 bits per heavy atom. The fraction of sp³-hybridized carbons (Fsp3) is 0.188. The average Bonchev–Trinajstić information content (AvgIpc) is 3.03. The Labute approximate surface area is 131 Å². The normalized spacial score (nSPS) is 12.7. The van der Waals surface area contributed by atoms with Crippen molar-refractivity contribution in [1.29, 1.82) is 0 Å². The van der Waals surface area contributed by atoms with Crippen LogP contribution < -0.4 is 0 Å². The van der Waals surface area contributed by atoms with Gasteiger partial charge in [0, 0.05) is 28.2 Å². The molecule has 1 aromatic carbocycles. The fourth-order valence-corrected chi connectivity index (χ4v) is 3.70. The largest absolute Gasteiger partial charge is 0.381 e. The molecule has 0 aliphatic carbocycles. The summed E-state index contributed by atoms with van der Waals surface area (Å²) in [5.74, 6) is 0. The predicted octanol–water partition coefficient (Wildman–Crippen LogP) is 3.95. The Kier molecular flexibility index (Phi) is 3.85. The van der Waals surface area contributed by atoms with Crippen molar-refractivity contribution >= 4 is 39.4 Å². The average molecular weight is 320 g/mol. The summed E-state index contributed by atoms with van der Waals surface area (Å²) in [6, 6.07) is 9.65. The summed E-state index contributed by atoms with van der Waals surface area (Å²) in [6.45, 7) is 2.62. The molecule has 21 heavy (non-hydrogen) atoms. The molecule has 0 aliphatic heterocycles. The van der Waals surface area contributed by atoms with Gasteiger partial charge in [-0.1, -0.05) is 23.7 Å². The maximum Gasteiger partial charge on any atom is 0.153 e. The van der Waals surface area contributed by atoms with Gasteiger partial charge in [0.25, 0.3) is 0 Å². The number of aromatic nitrogens is 1. The van der Waals surface area contributed by atoms with E-state index in [1.165, 1.54) is 0 Å². The third kappa shape index (κ3) is 2.50. The molecule has 0 amide bonds. The van der Waals surface area contributed by atoms with Gasteiger partial charge >= 0.3 is 0 Å². The molecular weight excluding hydrogens is 306 g/mol. The second-order valence-corrected chi connectivity index (χ2v) is 6.26. The van der Waals surface area contributed by atoms with E-state index in [9.17, 15) is 9.90 Å². The van der Waals surface area contributed by atoms with Gasteiger partial charge in [0.15, 0.2) is 6.29 Å². The number of aldehydes is 1. The molecule has 3 aromatic rings. The Morgan fingerprint density at radius 2 is 2.05 bits per heavy atom. The first kappa shape index (κ1) is 14.3. The summed E-state index contributed by atoms with van der Waals surface area (Å²) < 4.78 is 2.13. The first-order valence-corrected chi connectivity index (χ1v) is 7.81. The van der Waals surface area contributed by atoms with Crippen LogP contribution in [0.4, 0.5) is 0 Å². The third-order valence-electron chi connectivity index (χ3n) is 3.65. The van der Waals surface area contributed by atoms with Gasteiger partial charge in [-0.2, -0.15) is 0 Å². The number of benzene rings is 1. The van der Waals surface area contributed by atoms with Gasteiger partial charge in [-0.3, -0.25) is 0 Å². The van der Waals surface area contributed by atoms with Crippen LogP contribution in [0.25, 0.3) is 10.2 Å². The number of hydrogen-bond acceptors (Lipinski definition) is 3. The summed E-state index contributed by atoms with van der Waals surface area (Å²) in [7, 11) is 0. The zero-order valence-electron chi connectivity index (χ0n) is 11.4. The number of aliphatic hydroxyl groups excluding tert-OH is 1. The number of thiophene rings is 1. The van der Waals surface area contributed by atoms with E-state index >= 15 is 0 Å². The van der Waals surface area contributed by atoms with E-state index in [2.05, 4.69) is 4.57 Å². The molecule has 0 saturated carbocycles. The lowest BCUT2D eigenvalue weighted by atomic mass is 10.1. The SMILES string of the molecule is Cc1c(C(O)C=O)c2ccsc2n1Cc1ccc(Cl)cc1. The number of carbonyl (C=O) groups is 1. The van der Waals surface area contributed by atoms with Crippen LogP contribution in [-0.4, -0.2) is 16.0 Å². The minimum Gasteiger partial charge on any atom is -0.381 e. The molecular formula is C16H14ClNO2S. The van der Waals surface area contributed by atoms with Crippen molar-refractivity contribution in [2.24, 2.45) is 0 Å². The molecule has 0 aliphatic rings. The Hall–Kier alpha value is -1.62. The predicted molar refractivity (Wildman–Crippen MR) is 86.1 cm³/mol. The van der Waals surface area contributed by atoms with Crippen molar-refractivity contribution in [3.8, 4) is 0 Å². The van der Waals surface area contributed by atoms with Crippen molar-refractivity contribution < 1.29 is 9.90 Å². The minimum absolute atomic E-state index is 0.575. The minimum atomic E-state index is -1.08. The van der Waals surface area contributed by atoms with Crippen molar-refractivity contribution in [1.82, 2.24) is 4.57 Å². The molecule has 0 fully saturated rings. The second-order valence-electron chi connectivity index (χ2n) is 4.93. The molecule has 0 radical (unpaired) electrons. The number of carbonyl (C=O) groups excluding carboxylic acids is 1. The number of hydrogen-bond donors (Lipinski definition) is 1. The monoisotopic (exact) mass is 319 g/mol. The van der Waals surface area contributed by atoms with E-state index < -0.39 is 6.10 Å². The first-order chi connectivity index (χ1) is 10.1. The molecule has 3 nitrogen and oxygen atoms in total. The van der Waals surface area contributed by atoms with Crippen molar-refractivity contribution in [3.63, 3.8) is 0 Å². The number of halogens is 1. The standard InChI is InChI=1S/C16H14ClNO2S/c1-10-15(14(20)9-19)13-6-7-21-16(13)18(10)8-11-2-4-12(17)5-3-11/h2-7,9,14,20H,8H2,1H3. The fourth-order valence-electron chi connectivity index (χ4n) is 2.61. The molecule has 5 heteroatoms. The van der Waals surface area contributed by atoms with Gasteiger partial charge in [-0.05, 0) is 36.1 Å². The Bertz CT molecular complexity index is 789. The van der Waals surface area contributed by atoms with Gasteiger partial charge in [-0.15, -0.1) is 11.3 Å². The van der Waals surface area contributed by atoms with Crippen LogP contribution in [0.15, 0.2) is 35.7 Å². The third-order valence-corrected chi connectivity index (χ3v) is 4.84. The molecule has 2 heterocycles. The molecule has 3 rings (SSSR count). The molecule has 0 saturated heterocycles. The second kappa shape index (κ2) is 5.64. The van der Waals surface area contributed by atoms with E-state index in [1.807, 2.05) is 42.6 Å². The summed E-state index contributed by atoms with van der Waals surface area (Å²) in [5.41, 5.74) is 2.75. The maximum atomic E-state index is 11.0. The molecule has 108 valence electrons. The van der Waals surface area contributed by atoms with Crippen LogP contribution in [0.3, 0.4) is 0 Å². The van der Waals surface area contributed by atoms with Gasteiger partial charge < -0.3 is 14.5 Å². The maximum absolute atomic E-state index is 11.0. The number of rotatable bonds is 4. The number of aliphatic hydroxyl groups is 1. The number of nitrogens with zero attached hydrogens (tertiary/aromatic N) is 1. The van der Waals surface area contributed by atoms with Crippen LogP contribution in [0.1, 0.15) is 22.9 Å². The van der Waals surface area contributed by atoms with Gasteiger partial charge in [0.05, 0.1) is 0 Å². The quantitative estimate of drug-likeness (QED) is 0.740. The Balaban J connectivity index is 2.10. The van der Waals surface area contributed by atoms with E-state index in [-0.39, 0.29) is 0 Å². The highest BCUT2D eigenvalue weighted by Crippen LogP contribution is 2.34. The summed E-state index contributed by atoms with van der Waals surface area (Å²) in [5, 5.41) is 13.6. The number of fused-ring (bicyclic) bond motifs is 1. The zero-order chi connectivity index (χ0) is 15.0. The molecule has 0 spiro atoms.